The molecule has 0 saturated carbocycles. The molecule has 0 saturated heterocycles. The number of para-hydroxylation sites is 1. The van der Waals surface area contributed by atoms with Crippen LogP contribution in [0.15, 0.2) is 97.1 Å². The van der Waals surface area contributed by atoms with E-state index in [0.29, 0.717) is 0 Å². The third kappa shape index (κ3) is 6.74. The number of fused-ring (bicyclic) bond motifs is 3. The van der Waals surface area contributed by atoms with Crippen LogP contribution in [0.2, 0.25) is 0 Å². The van der Waals surface area contributed by atoms with E-state index in [2.05, 4.69) is 192 Å². The molecule has 0 aliphatic rings. The van der Waals surface area contributed by atoms with Crippen molar-refractivity contribution in [1.29, 1.82) is 0 Å². The Morgan fingerprint density at radius 1 is 0.408 bits per heavy atom. The summed E-state index contributed by atoms with van der Waals surface area (Å²) in [6, 6.07) is 37.7. The molecule has 0 aliphatic heterocycles. The molecule has 1 heteroatoms. The molecule has 0 N–H and O–H groups in total. The molecule has 0 unspecified atom stereocenters. The zero-order chi connectivity index (χ0) is 35.7. The Hall–Kier alpha value is -4.10. The average molecular weight is 648 g/mol. The zero-order valence-electron chi connectivity index (χ0n) is 32.4. The largest absolute Gasteiger partial charge is 0.309 e. The maximum absolute atomic E-state index is 2.50. The Kier molecular flexibility index (Phi) is 8.54. The van der Waals surface area contributed by atoms with Crippen molar-refractivity contribution in [2.45, 2.75) is 118 Å². The van der Waals surface area contributed by atoms with Gasteiger partial charge in [-0.25, -0.2) is 0 Å². The molecule has 49 heavy (non-hydrogen) atoms. The lowest BCUT2D eigenvalue weighted by atomic mass is 9.78. The quantitative estimate of drug-likeness (QED) is 0.179. The Balaban J connectivity index is 1.67. The van der Waals surface area contributed by atoms with E-state index >= 15 is 0 Å². The van der Waals surface area contributed by atoms with Gasteiger partial charge in [0.25, 0.3) is 0 Å². The highest BCUT2D eigenvalue weighted by molar-refractivity contribution is 6.11. The summed E-state index contributed by atoms with van der Waals surface area (Å²) >= 11 is 0. The van der Waals surface area contributed by atoms with Crippen molar-refractivity contribution in [1.82, 2.24) is 4.57 Å². The molecular formula is C48H57N. The van der Waals surface area contributed by atoms with Gasteiger partial charge < -0.3 is 4.57 Å². The molecule has 0 bridgehead atoms. The first-order chi connectivity index (χ1) is 22.8. The van der Waals surface area contributed by atoms with Gasteiger partial charge in [-0.1, -0.05) is 157 Å². The standard InChI is InChI=1S/C48H57N/c1-14-31-17-15-16-18-42(31)49-43-21-19-32(34-23-36(45(2,3)4)29-37(24-34)46(5,6)7)27-40(43)41-28-33(20-22-44(41)49)35-25-38(47(8,9)10)30-39(26-35)48(11,12)13/h15-30H,14H2,1-13H3. The SMILES string of the molecule is CCc1ccccc1-n1c2ccc(-c3cc(C(C)(C)C)cc(C(C)(C)C)c3)cc2c2cc(-c3cc(C(C)(C)C)cc(C(C)(C)C)c3)ccc21. The molecule has 0 aliphatic carbocycles. The Bertz CT molecular complexity index is 1980. The van der Waals surface area contributed by atoms with Gasteiger partial charge in [0.05, 0.1) is 11.0 Å². The summed E-state index contributed by atoms with van der Waals surface area (Å²) in [6.45, 7) is 30.1. The van der Waals surface area contributed by atoms with Gasteiger partial charge in [0.1, 0.15) is 0 Å². The van der Waals surface area contributed by atoms with Crippen LogP contribution in [0.5, 0.6) is 0 Å². The summed E-state index contributed by atoms with van der Waals surface area (Å²) in [5.74, 6) is 0. The highest BCUT2D eigenvalue weighted by atomic mass is 15.0. The van der Waals surface area contributed by atoms with Gasteiger partial charge in [-0.15, -0.1) is 0 Å². The topological polar surface area (TPSA) is 4.93 Å². The van der Waals surface area contributed by atoms with Crippen LogP contribution in [-0.2, 0) is 28.1 Å². The Labute approximate surface area is 296 Å². The molecule has 5 aromatic carbocycles. The van der Waals surface area contributed by atoms with E-state index in [1.807, 2.05) is 0 Å². The molecule has 254 valence electrons. The van der Waals surface area contributed by atoms with Crippen molar-refractivity contribution in [3.63, 3.8) is 0 Å². The molecule has 0 atom stereocenters. The number of benzene rings is 5. The third-order valence-electron chi connectivity index (χ3n) is 10.4. The minimum Gasteiger partial charge on any atom is -0.309 e. The van der Waals surface area contributed by atoms with Crippen molar-refractivity contribution < 1.29 is 0 Å². The Morgan fingerprint density at radius 3 is 1.12 bits per heavy atom. The highest BCUT2D eigenvalue weighted by Crippen LogP contribution is 2.41. The molecule has 1 aromatic heterocycles. The van der Waals surface area contributed by atoms with Crippen molar-refractivity contribution >= 4 is 21.8 Å². The lowest BCUT2D eigenvalue weighted by molar-refractivity contribution is 0.568. The van der Waals surface area contributed by atoms with Gasteiger partial charge in [0.15, 0.2) is 0 Å². The monoisotopic (exact) mass is 647 g/mol. The molecule has 6 aromatic rings. The van der Waals surface area contributed by atoms with Crippen molar-refractivity contribution in [2.24, 2.45) is 0 Å². The van der Waals surface area contributed by atoms with Crippen LogP contribution >= 0.6 is 0 Å². The predicted molar refractivity (Wildman–Crippen MR) is 216 cm³/mol. The molecule has 0 spiro atoms. The average Bonchev–Trinajstić information content (AvgIpc) is 3.35. The van der Waals surface area contributed by atoms with E-state index in [1.165, 1.54) is 77.6 Å². The van der Waals surface area contributed by atoms with Crippen LogP contribution in [0.4, 0.5) is 0 Å². The maximum Gasteiger partial charge on any atom is 0.0541 e. The van der Waals surface area contributed by atoms with E-state index < -0.39 is 0 Å². The van der Waals surface area contributed by atoms with E-state index in [0.717, 1.165) is 6.42 Å². The van der Waals surface area contributed by atoms with Gasteiger partial charge in [-0.05, 0) is 108 Å². The van der Waals surface area contributed by atoms with Crippen LogP contribution in [0.25, 0.3) is 49.7 Å². The van der Waals surface area contributed by atoms with Crippen molar-refractivity contribution in [3.05, 3.63) is 125 Å². The lowest BCUT2D eigenvalue weighted by Crippen LogP contribution is -2.16. The highest BCUT2D eigenvalue weighted by Gasteiger charge is 2.24. The summed E-state index contributed by atoms with van der Waals surface area (Å²) in [7, 11) is 0. The van der Waals surface area contributed by atoms with E-state index in [9.17, 15) is 0 Å². The molecule has 1 heterocycles. The fraction of sp³-hybridized carbons (Fsp3) is 0.375. The van der Waals surface area contributed by atoms with Crippen LogP contribution in [-0.4, -0.2) is 4.57 Å². The van der Waals surface area contributed by atoms with Crippen molar-refractivity contribution in [3.8, 4) is 27.9 Å². The predicted octanol–water partition coefficient (Wildman–Crippen LogP) is 13.9. The Morgan fingerprint density at radius 2 is 0.776 bits per heavy atom. The lowest BCUT2D eigenvalue weighted by Gasteiger charge is -2.26. The second-order valence-corrected chi connectivity index (χ2v) is 18.4. The maximum atomic E-state index is 2.50. The van der Waals surface area contributed by atoms with Gasteiger partial charge in [-0.3, -0.25) is 0 Å². The second-order valence-electron chi connectivity index (χ2n) is 18.4. The van der Waals surface area contributed by atoms with E-state index in [-0.39, 0.29) is 21.7 Å². The zero-order valence-corrected chi connectivity index (χ0v) is 32.4. The fourth-order valence-corrected chi connectivity index (χ4v) is 6.99. The molecule has 0 amide bonds. The van der Waals surface area contributed by atoms with Gasteiger partial charge in [-0.2, -0.15) is 0 Å². The summed E-state index contributed by atoms with van der Waals surface area (Å²) in [6.07, 6.45) is 0.984. The first-order valence-corrected chi connectivity index (χ1v) is 18.2. The first-order valence-electron chi connectivity index (χ1n) is 18.2. The number of aryl methyl sites for hydroxylation is 1. The number of hydrogen-bond acceptors (Lipinski definition) is 0. The molecule has 0 fully saturated rings. The fourth-order valence-electron chi connectivity index (χ4n) is 6.99. The van der Waals surface area contributed by atoms with Crippen LogP contribution < -0.4 is 0 Å². The summed E-state index contributed by atoms with van der Waals surface area (Å²) in [5.41, 5.74) is 16.0. The summed E-state index contributed by atoms with van der Waals surface area (Å²) in [5, 5.41) is 2.59. The smallest absolute Gasteiger partial charge is 0.0541 e. The number of nitrogens with zero attached hydrogens (tertiary/aromatic N) is 1. The van der Waals surface area contributed by atoms with Crippen molar-refractivity contribution in [2.75, 3.05) is 0 Å². The number of aromatic nitrogens is 1. The van der Waals surface area contributed by atoms with E-state index in [4.69, 9.17) is 0 Å². The molecule has 6 rings (SSSR count). The first kappa shape index (κ1) is 34.8. The minimum atomic E-state index is 0.0579. The normalized spacial score (nSPS) is 13.1. The molecule has 1 nitrogen and oxygen atoms in total. The minimum absolute atomic E-state index is 0.0579. The van der Waals surface area contributed by atoms with Crippen LogP contribution in [0.3, 0.4) is 0 Å². The summed E-state index contributed by atoms with van der Waals surface area (Å²) in [4.78, 5) is 0. The molecular weight excluding hydrogens is 591 g/mol. The number of rotatable bonds is 4. The van der Waals surface area contributed by atoms with Gasteiger partial charge in [0, 0.05) is 16.5 Å². The van der Waals surface area contributed by atoms with Gasteiger partial charge >= 0.3 is 0 Å². The number of hydrogen-bond donors (Lipinski definition) is 0. The third-order valence-corrected chi connectivity index (χ3v) is 10.4. The van der Waals surface area contributed by atoms with E-state index in [1.54, 1.807) is 0 Å². The van der Waals surface area contributed by atoms with Crippen LogP contribution in [0, 0.1) is 0 Å². The summed E-state index contributed by atoms with van der Waals surface area (Å²) < 4.78 is 2.50. The second kappa shape index (κ2) is 12.0. The van der Waals surface area contributed by atoms with Crippen LogP contribution in [0.1, 0.15) is 118 Å². The molecule has 0 radical (unpaired) electrons. The van der Waals surface area contributed by atoms with Gasteiger partial charge in [0.2, 0.25) is 0 Å².